The molecule has 3 heteroatoms. The maximum absolute atomic E-state index is 5.90. The van der Waals surface area contributed by atoms with Crippen LogP contribution in [0.15, 0.2) is 0 Å². The van der Waals surface area contributed by atoms with Gasteiger partial charge in [0.2, 0.25) is 0 Å². The van der Waals surface area contributed by atoms with Crippen molar-refractivity contribution in [2.75, 3.05) is 5.73 Å². The summed E-state index contributed by atoms with van der Waals surface area (Å²) in [5, 5.41) is 7.34. The lowest BCUT2D eigenvalue weighted by Crippen LogP contribution is -2.01. The van der Waals surface area contributed by atoms with Gasteiger partial charge >= 0.3 is 0 Å². The first-order valence-corrected chi connectivity index (χ1v) is 6.12. The van der Waals surface area contributed by atoms with E-state index in [-0.39, 0.29) is 0 Å². The number of aromatic nitrogens is 2. The second kappa shape index (κ2) is 3.26. The smallest absolute Gasteiger partial charge is 0.148 e. The summed E-state index contributed by atoms with van der Waals surface area (Å²) < 4.78 is 0. The highest BCUT2D eigenvalue weighted by Gasteiger charge is 2.47. The fourth-order valence-corrected chi connectivity index (χ4v) is 3.19. The average Bonchev–Trinajstić information content (AvgIpc) is 2.68. The first-order valence-electron chi connectivity index (χ1n) is 6.12. The fraction of sp³-hybridized carbons (Fsp3) is 0.750. The van der Waals surface area contributed by atoms with Gasteiger partial charge in [0.15, 0.2) is 0 Å². The number of fused-ring (bicyclic) bond motifs is 1. The molecule has 0 spiro atoms. The molecule has 3 atom stereocenters. The van der Waals surface area contributed by atoms with Gasteiger partial charge < -0.3 is 5.73 Å². The van der Waals surface area contributed by atoms with Gasteiger partial charge in [-0.3, -0.25) is 5.10 Å². The third kappa shape index (κ3) is 1.45. The molecular formula is C12H19N3. The molecule has 0 radical (unpaired) electrons. The van der Waals surface area contributed by atoms with Crippen molar-refractivity contribution in [2.24, 2.45) is 11.8 Å². The zero-order chi connectivity index (χ0) is 10.4. The van der Waals surface area contributed by atoms with Gasteiger partial charge in [0.05, 0.1) is 0 Å². The quantitative estimate of drug-likeness (QED) is 0.796. The Morgan fingerprint density at radius 3 is 2.73 bits per heavy atom. The highest BCUT2D eigenvalue weighted by molar-refractivity contribution is 5.44. The maximum Gasteiger partial charge on any atom is 0.148 e. The Morgan fingerprint density at radius 2 is 2.07 bits per heavy atom. The number of hydrogen-bond acceptors (Lipinski definition) is 2. The van der Waals surface area contributed by atoms with Gasteiger partial charge in [-0.1, -0.05) is 13.3 Å². The molecule has 3 nitrogen and oxygen atoms in total. The zero-order valence-corrected chi connectivity index (χ0v) is 9.29. The van der Waals surface area contributed by atoms with Crippen molar-refractivity contribution in [3.05, 3.63) is 11.3 Å². The Kier molecular flexibility index (Phi) is 2.01. The van der Waals surface area contributed by atoms with E-state index in [1.807, 2.05) is 0 Å². The maximum atomic E-state index is 5.90. The normalized spacial score (nSPS) is 33.0. The van der Waals surface area contributed by atoms with Crippen LogP contribution in [0, 0.1) is 11.8 Å². The van der Waals surface area contributed by atoms with Crippen LogP contribution in [0.4, 0.5) is 5.82 Å². The number of nitrogens with two attached hydrogens (primary N) is 1. The third-order valence-electron chi connectivity index (χ3n) is 4.08. The number of nitrogen functional groups attached to an aromatic ring is 1. The molecule has 3 N–H and O–H groups in total. The topological polar surface area (TPSA) is 54.7 Å². The van der Waals surface area contributed by atoms with E-state index in [2.05, 4.69) is 17.1 Å². The minimum Gasteiger partial charge on any atom is -0.382 e. The minimum atomic E-state index is 0.722. The van der Waals surface area contributed by atoms with Crippen molar-refractivity contribution in [2.45, 2.75) is 44.9 Å². The molecule has 0 aliphatic heterocycles. The molecule has 0 amide bonds. The minimum absolute atomic E-state index is 0.722. The number of hydrogen-bond donors (Lipinski definition) is 2. The summed E-state index contributed by atoms with van der Waals surface area (Å²) >= 11 is 0. The standard InChI is InChI=1S/C12H19N3/c1-2-3-10-11(14-15-12(10)13)9-5-7-4-8(7)6-9/h7-9H,2-6H2,1H3,(H3,13,14,15)/t7-,8+,9?. The number of anilines is 1. The lowest BCUT2D eigenvalue weighted by atomic mass is 9.94. The van der Waals surface area contributed by atoms with Gasteiger partial charge in [-0.25, -0.2) is 0 Å². The van der Waals surface area contributed by atoms with E-state index >= 15 is 0 Å². The van der Waals surface area contributed by atoms with E-state index < -0.39 is 0 Å². The van der Waals surface area contributed by atoms with Crippen LogP contribution in [-0.2, 0) is 6.42 Å². The number of nitrogens with one attached hydrogen (secondary N) is 1. The molecule has 1 aromatic heterocycles. The van der Waals surface area contributed by atoms with Crippen LogP contribution in [0.2, 0.25) is 0 Å². The van der Waals surface area contributed by atoms with Crippen LogP contribution < -0.4 is 5.73 Å². The number of aromatic amines is 1. The third-order valence-corrected chi connectivity index (χ3v) is 4.08. The van der Waals surface area contributed by atoms with Crippen molar-refractivity contribution < 1.29 is 0 Å². The highest BCUT2D eigenvalue weighted by Crippen LogP contribution is 2.57. The van der Waals surface area contributed by atoms with Crippen LogP contribution >= 0.6 is 0 Å². The Morgan fingerprint density at radius 1 is 1.33 bits per heavy atom. The van der Waals surface area contributed by atoms with Gasteiger partial charge in [0, 0.05) is 17.2 Å². The molecule has 1 aromatic rings. The predicted molar refractivity (Wildman–Crippen MR) is 60.6 cm³/mol. The van der Waals surface area contributed by atoms with E-state index in [1.54, 1.807) is 0 Å². The molecule has 2 aliphatic rings. The van der Waals surface area contributed by atoms with Crippen LogP contribution in [0.25, 0.3) is 0 Å². The Bertz CT molecular complexity index is 359. The number of nitrogens with zero attached hydrogens (tertiary/aromatic N) is 1. The monoisotopic (exact) mass is 205 g/mol. The Balaban J connectivity index is 1.84. The highest BCUT2D eigenvalue weighted by atomic mass is 15.2. The molecule has 2 aliphatic carbocycles. The van der Waals surface area contributed by atoms with Crippen molar-refractivity contribution in [3.63, 3.8) is 0 Å². The van der Waals surface area contributed by atoms with Crippen LogP contribution in [-0.4, -0.2) is 10.2 Å². The molecule has 0 saturated heterocycles. The predicted octanol–water partition coefficient (Wildman–Crippen LogP) is 2.46. The molecule has 2 saturated carbocycles. The van der Waals surface area contributed by atoms with E-state index in [1.165, 1.54) is 30.5 Å². The summed E-state index contributed by atoms with van der Waals surface area (Å²) in [6.45, 7) is 2.20. The second-order valence-electron chi connectivity index (χ2n) is 5.18. The average molecular weight is 205 g/mol. The van der Waals surface area contributed by atoms with Crippen LogP contribution in [0.3, 0.4) is 0 Å². The van der Waals surface area contributed by atoms with Crippen molar-refractivity contribution in [3.8, 4) is 0 Å². The summed E-state index contributed by atoms with van der Waals surface area (Å²) in [4.78, 5) is 0. The summed E-state index contributed by atoms with van der Waals surface area (Å²) in [6.07, 6.45) is 6.43. The molecule has 2 fully saturated rings. The molecule has 1 heterocycles. The first kappa shape index (κ1) is 9.25. The molecule has 0 bridgehead atoms. The molecule has 82 valence electrons. The van der Waals surface area contributed by atoms with Crippen molar-refractivity contribution in [1.29, 1.82) is 0 Å². The molecule has 3 rings (SSSR count). The van der Waals surface area contributed by atoms with Crippen molar-refractivity contribution in [1.82, 2.24) is 10.2 Å². The van der Waals surface area contributed by atoms with Crippen LogP contribution in [0.1, 0.15) is 49.8 Å². The summed E-state index contributed by atoms with van der Waals surface area (Å²) in [5.74, 6) is 3.50. The molecular weight excluding hydrogens is 186 g/mol. The van der Waals surface area contributed by atoms with Gasteiger partial charge in [0.1, 0.15) is 5.82 Å². The second-order valence-corrected chi connectivity index (χ2v) is 5.18. The van der Waals surface area contributed by atoms with Crippen LogP contribution in [0.5, 0.6) is 0 Å². The lowest BCUT2D eigenvalue weighted by molar-refractivity contribution is 0.600. The van der Waals surface area contributed by atoms with E-state index in [9.17, 15) is 0 Å². The summed E-state index contributed by atoms with van der Waals surface area (Å²) in [6, 6.07) is 0. The molecule has 1 unspecified atom stereocenters. The van der Waals surface area contributed by atoms with Gasteiger partial charge in [-0.2, -0.15) is 5.10 Å². The lowest BCUT2D eigenvalue weighted by Gasteiger charge is -2.11. The van der Waals surface area contributed by atoms with Gasteiger partial charge in [-0.15, -0.1) is 0 Å². The van der Waals surface area contributed by atoms with E-state index in [4.69, 9.17) is 5.73 Å². The summed E-state index contributed by atoms with van der Waals surface area (Å²) in [7, 11) is 0. The Hall–Kier alpha value is -0.990. The molecule has 0 aromatic carbocycles. The van der Waals surface area contributed by atoms with E-state index in [0.29, 0.717) is 0 Å². The first-order chi connectivity index (χ1) is 7.29. The van der Waals surface area contributed by atoms with Gasteiger partial charge in [-0.05, 0) is 37.5 Å². The SMILES string of the molecule is CCCc1c(N)n[nH]c1C1C[C@@H]2C[C@@H]2C1. The van der Waals surface area contributed by atoms with Crippen molar-refractivity contribution >= 4 is 5.82 Å². The Labute approximate surface area is 90.4 Å². The molecule has 15 heavy (non-hydrogen) atoms. The summed E-state index contributed by atoms with van der Waals surface area (Å²) in [5.41, 5.74) is 8.54. The fourth-order valence-electron chi connectivity index (χ4n) is 3.19. The largest absolute Gasteiger partial charge is 0.382 e. The number of rotatable bonds is 3. The number of H-pyrrole nitrogens is 1. The van der Waals surface area contributed by atoms with E-state index in [0.717, 1.165) is 36.4 Å². The zero-order valence-electron chi connectivity index (χ0n) is 9.29. The van der Waals surface area contributed by atoms with Gasteiger partial charge in [0.25, 0.3) is 0 Å².